The van der Waals surface area contributed by atoms with E-state index < -0.39 is 0 Å². The molecule has 0 aromatic rings. The van der Waals surface area contributed by atoms with Crippen LogP contribution in [-0.4, -0.2) is 28.9 Å². The molecule has 4 nitrogen and oxygen atoms in total. The summed E-state index contributed by atoms with van der Waals surface area (Å²) in [5.74, 6) is 0.446. The van der Waals surface area contributed by atoms with Crippen LogP contribution in [0.15, 0.2) is 0 Å². The minimum Gasteiger partial charge on any atom is -0.312 e. The number of carbonyl (C=O) groups excluding carboxylic acids is 1. The Balaban J connectivity index is 2.10. The van der Waals surface area contributed by atoms with Crippen molar-refractivity contribution in [3.05, 3.63) is 0 Å². The van der Waals surface area contributed by atoms with Gasteiger partial charge in [0.15, 0.2) is 0 Å². The highest BCUT2D eigenvalue weighted by Crippen LogP contribution is 2.34. The summed E-state index contributed by atoms with van der Waals surface area (Å²) in [4.78, 5) is 13.9. The summed E-state index contributed by atoms with van der Waals surface area (Å²) in [5.41, 5.74) is -0.328. The Kier molecular flexibility index (Phi) is 5.44. The number of amidine groups is 1. The normalized spacial score (nSPS) is 25.1. The zero-order valence-electron chi connectivity index (χ0n) is 12.8. The molecule has 1 spiro atoms. The van der Waals surface area contributed by atoms with Crippen LogP contribution in [0.3, 0.4) is 0 Å². The van der Waals surface area contributed by atoms with E-state index in [4.69, 9.17) is 5.41 Å². The van der Waals surface area contributed by atoms with Crippen molar-refractivity contribution in [1.29, 1.82) is 5.41 Å². The van der Waals surface area contributed by atoms with E-state index in [1.54, 1.807) is 0 Å². The molecule has 2 N–H and O–H groups in total. The Hall–Kier alpha value is -1.06. The minimum atomic E-state index is -0.328. The van der Waals surface area contributed by atoms with Crippen molar-refractivity contribution in [3.63, 3.8) is 0 Å². The quantitative estimate of drug-likeness (QED) is 0.747. The maximum atomic E-state index is 12.0. The molecule has 0 radical (unpaired) electrons. The van der Waals surface area contributed by atoms with E-state index in [9.17, 15) is 4.79 Å². The molecule has 0 unspecified atom stereocenters. The van der Waals surface area contributed by atoms with Crippen molar-refractivity contribution in [2.45, 2.75) is 83.1 Å². The van der Waals surface area contributed by atoms with Crippen molar-refractivity contribution in [2.75, 3.05) is 6.54 Å². The van der Waals surface area contributed by atoms with Gasteiger partial charge >= 0.3 is 6.03 Å². The molecular formula is C16H29N3O. The molecule has 4 heteroatoms. The molecule has 0 bridgehead atoms. The average Bonchev–Trinajstić information content (AvgIpc) is 2.65. The fraction of sp³-hybridized carbons (Fsp3) is 0.875. The van der Waals surface area contributed by atoms with Crippen LogP contribution < -0.4 is 5.32 Å². The molecule has 2 fully saturated rings. The van der Waals surface area contributed by atoms with Gasteiger partial charge in [0.1, 0.15) is 11.4 Å². The molecule has 2 amide bonds. The monoisotopic (exact) mass is 279 g/mol. The van der Waals surface area contributed by atoms with Crippen LogP contribution in [0, 0.1) is 5.41 Å². The second-order valence-corrected chi connectivity index (χ2v) is 6.26. The first kappa shape index (κ1) is 15.3. The molecule has 114 valence electrons. The first-order chi connectivity index (χ1) is 9.70. The van der Waals surface area contributed by atoms with Gasteiger partial charge in [-0.3, -0.25) is 10.7 Å². The fourth-order valence-corrected chi connectivity index (χ4v) is 3.78. The molecule has 1 heterocycles. The first-order valence-corrected chi connectivity index (χ1v) is 8.38. The topological polar surface area (TPSA) is 56.2 Å². The lowest BCUT2D eigenvalue weighted by Crippen LogP contribution is -2.49. The molecule has 1 aliphatic carbocycles. The summed E-state index contributed by atoms with van der Waals surface area (Å²) >= 11 is 0. The molecule has 0 aromatic heterocycles. The zero-order chi connectivity index (χ0) is 14.4. The minimum absolute atomic E-state index is 0.0652. The number of likely N-dealkylation sites (N-methyl/N-ethyl adjacent to an activating group) is 1. The van der Waals surface area contributed by atoms with E-state index in [0.29, 0.717) is 12.4 Å². The number of rotatable bonds is 1. The summed E-state index contributed by atoms with van der Waals surface area (Å²) < 4.78 is 0. The SMILES string of the molecule is CCN1C(=O)NC(=N)C12CCCCCCCCCCC2. The Bertz CT molecular complexity index is 342. The van der Waals surface area contributed by atoms with E-state index in [2.05, 4.69) is 5.32 Å². The molecule has 0 aromatic carbocycles. The molecule has 20 heavy (non-hydrogen) atoms. The van der Waals surface area contributed by atoms with Gasteiger partial charge in [-0.2, -0.15) is 0 Å². The highest BCUT2D eigenvalue weighted by atomic mass is 16.2. The van der Waals surface area contributed by atoms with Gasteiger partial charge < -0.3 is 4.90 Å². The number of carbonyl (C=O) groups is 1. The Morgan fingerprint density at radius 1 is 1.00 bits per heavy atom. The number of amides is 2. The van der Waals surface area contributed by atoms with Crippen molar-refractivity contribution in [3.8, 4) is 0 Å². The molecule has 1 aliphatic heterocycles. The van der Waals surface area contributed by atoms with Gasteiger partial charge in [-0.15, -0.1) is 0 Å². The van der Waals surface area contributed by atoms with E-state index in [1.807, 2.05) is 11.8 Å². The third kappa shape index (κ3) is 3.15. The molecule has 1 saturated carbocycles. The van der Waals surface area contributed by atoms with Crippen molar-refractivity contribution >= 4 is 11.9 Å². The van der Waals surface area contributed by atoms with E-state index >= 15 is 0 Å². The first-order valence-electron chi connectivity index (χ1n) is 8.38. The number of nitrogens with one attached hydrogen (secondary N) is 2. The summed E-state index contributed by atoms with van der Waals surface area (Å²) in [6.07, 6.45) is 13.3. The smallest absolute Gasteiger partial charge is 0.312 e. The lowest BCUT2D eigenvalue weighted by atomic mass is 9.84. The van der Waals surface area contributed by atoms with Gasteiger partial charge in [0.05, 0.1) is 0 Å². The maximum absolute atomic E-state index is 12.0. The van der Waals surface area contributed by atoms with Crippen LogP contribution in [0.1, 0.15) is 77.6 Å². The van der Waals surface area contributed by atoms with Crippen LogP contribution in [0.5, 0.6) is 0 Å². The van der Waals surface area contributed by atoms with Crippen molar-refractivity contribution < 1.29 is 4.79 Å². The zero-order valence-corrected chi connectivity index (χ0v) is 12.8. The van der Waals surface area contributed by atoms with Crippen LogP contribution in [0.2, 0.25) is 0 Å². The van der Waals surface area contributed by atoms with Crippen molar-refractivity contribution in [1.82, 2.24) is 10.2 Å². The van der Waals surface area contributed by atoms with Crippen LogP contribution >= 0.6 is 0 Å². The highest BCUT2D eigenvalue weighted by molar-refractivity contribution is 6.08. The number of nitrogens with zero attached hydrogens (tertiary/aromatic N) is 1. The Morgan fingerprint density at radius 2 is 1.45 bits per heavy atom. The van der Waals surface area contributed by atoms with Crippen LogP contribution in [0.25, 0.3) is 0 Å². The maximum Gasteiger partial charge on any atom is 0.323 e. The van der Waals surface area contributed by atoms with E-state index in [0.717, 1.165) is 25.7 Å². The van der Waals surface area contributed by atoms with Crippen molar-refractivity contribution in [2.24, 2.45) is 0 Å². The second-order valence-electron chi connectivity index (χ2n) is 6.26. The average molecular weight is 279 g/mol. The van der Waals surface area contributed by atoms with Gasteiger partial charge in [0.2, 0.25) is 0 Å². The predicted octanol–water partition coefficient (Wildman–Crippen LogP) is 4.05. The van der Waals surface area contributed by atoms with Crippen LogP contribution in [-0.2, 0) is 0 Å². The van der Waals surface area contributed by atoms with Gasteiger partial charge in [0.25, 0.3) is 0 Å². The van der Waals surface area contributed by atoms with Gasteiger partial charge in [-0.1, -0.05) is 57.8 Å². The van der Waals surface area contributed by atoms with Crippen LogP contribution in [0.4, 0.5) is 4.79 Å². The van der Waals surface area contributed by atoms with Gasteiger partial charge in [-0.05, 0) is 19.8 Å². The number of hydrogen-bond acceptors (Lipinski definition) is 2. The summed E-state index contributed by atoms with van der Waals surface area (Å²) in [6, 6.07) is -0.0652. The largest absolute Gasteiger partial charge is 0.323 e. The fourth-order valence-electron chi connectivity index (χ4n) is 3.78. The standard InChI is InChI=1S/C16H29N3O/c1-2-19-15(20)18-14(17)16(19)12-10-8-6-4-3-5-7-9-11-13-16/h2-13H2,1H3,(H2,17,18,20). The number of hydrogen-bond donors (Lipinski definition) is 2. The third-order valence-corrected chi connectivity index (χ3v) is 4.96. The summed E-state index contributed by atoms with van der Waals surface area (Å²) in [7, 11) is 0. The molecule has 2 rings (SSSR count). The summed E-state index contributed by atoms with van der Waals surface area (Å²) in [6.45, 7) is 2.73. The van der Waals surface area contributed by atoms with E-state index in [1.165, 1.54) is 44.9 Å². The Morgan fingerprint density at radius 3 is 1.90 bits per heavy atom. The highest BCUT2D eigenvalue weighted by Gasteiger charge is 2.48. The molecule has 0 atom stereocenters. The lowest BCUT2D eigenvalue weighted by Gasteiger charge is -2.36. The number of urea groups is 1. The Labute approximate surface area is 122 Å². The molecule has 1 saturated heterocycles. The summed E-state index contributed by atoms with van der Waals surface area (Å²) in [5, 5.41) is 11.0. The predicted molar refractivity (Wildman–Crippen MR) is 82.2 cm³/mol. The van der Waals surface area contributed by atoms with E-state index in [-0.39, 0.29) is 11.6 Å². The molecular weight excluding hydrogens is 250 g/mol. The lowest BCUT2D eigenvalue weighted by molar-refractivity contribution is 0.161. The van der Waals surface area contributed by atoms with Gasteiger partial charge in [0, 0.05) is 6.54 Å². The second kappa shape index (κ2) is 7.09. The molecule has 2 aliphatic rings. The van der Waals surface area contributed by atoms with Gasteiger partial charge in [-0.25, -0.2) is 4.79 Å². The third-order valence-electron chi connectivity index (χ3n) is 4.96.